The molecule has 0 atom stereocenters. The quantitative estimate of drug-likeness (QED) is 0.910. The Bertz CT molecular complexity index is 668. The van der Waals surface area contributed by atoms with E-state index in [9.17, 15) is 4.79 Å². The summed E-state index contributed by atoms with van der Waals surface area (Å²) in [4.78, 5) is 23.1. The minimum Gasteiger partial charge on any atom is -0.297 e. The Labute approximate surface area is 144 Å². The molecule has 2 aromatic rings. The molecule has 0 unspecified atom stereocenters. The molecule has 1 aliphatic heterocycles. The number of hydrogen-bond acceptors (Lipinski definition) is 5. The summed E-state index contributed by atoms with van der Waals surface area (Å²) in [5.74, 6) is -0.289. The van der Waals surface area contributed by atoms with Crippen molar-refractivity contribution in [1.82, 2.24) is 14.9 Å². The molecule has 0 aliphatic carbocycles. The number of anilines is 1. The van der Waals surface area contributed by atoms with Crippen LogP contribution in [-0.4, -0.2) is 33.9 Å². The second kappa shape index (κ2) is 7.86. The summed E-state index contributed by atoms with van der Waals surface area (Å²) < 4.78 is 0. The molecule has 0 spiro atoms. The molecule has 1 N–H and O–H groups in total. The van der Waals surface area contributed by atoms with Crippen LogP contribution in [0.25, 0.3) is 0 Å². The van der Waals surface area contributed by atoms with E-state index in [0.717, 1.165) is 25.3 Å². The van der Waals surface area contributed by atoms with Crippen molar-refractivity contribution in [3.63, 3.8) is 0 Å². The van der Waals surface area contributed by atoms with Crippen LogP contribution in [0.2, 0.25) is 5.02 Å². The van der Waals surface area contributed by atoms with Gasteiger partial charge in [0.15, 0.2) is 5.13 Å². The summed E-state index contributed by atoms with van der Waals surface area (Å²) in [6.45, 7) is 3.11. The molecule has 2 aromatic heterocycles. The Morgan fingerprint density at radius 1 is 1.30 bits per heavy atom. The predicted octanol–water partition coefficient (Wildman–Crippen LogP) is 3.82. The molecule has 1 saturated heterocycles. The van der Waals surface area contributed by atoms with Gasteiger partial charge in [-0.3, -0.25) is 20.0 Å². The third kappa shape index (κ3) is 4.73. The zero-order chi connectivity index (χ0) is 16.1. The van der Waals surface area contributed by atoms with Crippen molar-refractivity contribution in [1.29, 1.82) is 0 Å². The number of hydrogen-bond donors (Lipinski definition) is 1. The van der Waals surface area contributed by atoms with Gasteiger partial charge in [-0.2, -0.15) is 0 Å². The number of amides is 1. The zero-order valence-corrected chi connectivity index (χ0v) is 14.4. The first-order valence-corrected chi connectivity index (χ1v) is 9.06. The van der Waals surface area contributed by atoms with Crippen molar-refractivity contribution in [3.05, 3.63) is 40.1 Å². The normalized spacial score (nSPS) is 16.0. The van der Waals surface area contributed by atoms with E-state index < -0.39 is 0 Å². The summed E-state index contributed by atoms with van der Waals surface area (Å²) in [6, 6.07) is 3.18. The van der Waals surface area contributed by atoms with Crippen molar-refractivity contribution >= 4 is 34.0 Å². The summed E-state index contributed by atoms with van der Waals surface area (Å²) in [5.41, 5.74) is 1.30. The number of likely N-dealkylation sites (tertiary alicyclic amines) is 1. The van der Waals surface area contributed by atoms with E-state index in [1.165, 1.54) is 43.2 Å². The van der Waals surface area contributed by atoms with Gasteiger partial charge in [0.25, 0.3) is 5.91 Å². The molecule has 0 bridgehead atoms. The molecule has 23 heavy (non-hydrogen) atoms. The van der Waals surface area contributed by atoms with Gasteiger partial charge >= 0.3 is 0 Å². The lowest BCUT2D eigenvalue weighted by molar-refractivity contribution is 0.102. The monoisotopic (exact) mass is 350 g/mol. The molecule has 1 amide bonds. The first-order chi connectivity index (χ1) is 11.2. The van der Waals surface area contributed by atoms with Crippen molar-refractivity contribution in [2.24, 2.45) is 0 Å². The standard InChI is InChI=1S/C16H19ClN4OS/c17-12-5-6-18-14(9-12)15(22)20-16-19-13(11-23-16)10-21-7-3-1-2-4-8-21/h5-6,9,11H,1-4,7-8,10H2,(H,19,20,22). The molecular weight excluding hydrogens is 332 g/mol. The first-order valence-electron chi connectivity index (χ1n) is 7.80. The highest BCUT2D eigenvalue weighted by molar-refractivity contribution is 7.13. The highest BCUT2D eigenvalue weighted by Crippen LogP contribution is 2.19. The molecule has 1 aliphatic rings. The molecule has 3 rings (SSSR count). The van der Waals surface area contributed by atoms with Gasteiger partial charge in [0.05, 0.1) is 5.69 Å². The van der Waals surface area contributed by atoms with Crippen LogP contribution in [0, 0.1) is 0 Å². The number of nitrogens with one attached hydrogen (secondary N) is 1. The maximum absolute atomic E-state index is 12.1. The SMILES string of the molecule is O=C(Nc1nc(CN2CCCCCC2)cs1)c1cc(Cl)ccn1. The van der Waals surface area contributed by atoms with Gasteiger partial charge in [0, 0.05) is 23.1 Å². The lowest BCUT2D eigenvalue weighted by Crippen LogP contribution is -2.24. The van der Waals surface area contributed by atoms with Crippen molar-refractivity contribution in [2.75, 3.05) is 18.4 Å². The predicted molar refractivity (Wildman–Crippen MR) is 93.1 cm³/mol. The number of carbonyl (C=O) groups is 1. The molecule has 122 valence electrons. The average molecular weight is 351 g/mol. The second-order valence-corrected chi connectivity index (χ2v) is 6.94. The maximum atomic E-state index is 12.1. The minimum atomic E-state index is -0.289. The number of rotatable bonds is 4. The molecular formula is C16H19ClN4OS. The third-order valence-electron chi connectivity index (χ3n) is 3.81. The Balaban J connectivity index is 1.59. The highest BCUT2D eigenvalue weighted by Gasteiger charge is 2.13. The third-order valence-corrected chi connectivity index (χ3v) is 4.85. The fourth-order valence-corrected chi connectivity index (χ4v) is 3.51. The van der Waals surface area contributed by atoms with E-state index in [1.807, 2.05) is 5.38 Å². The van der Waals surface area contributed by atoms with Crippen molar-refractivity contribution < 1.29 is 4.79 Å². The van der Waals surface area contributed by atoms with Gasteiger partial charge in [-0.25, -0.2) is 4.98 Å². The van der Waals surface area contributed by atoms with Gasteiger partial charge in [-0.15, -0.1) is 11.3 Å². The van der Waals surface area contributed by atoms with Crippen LogP contribution < -0.4 is 5.32 Å². The van der Waals surface area contributed by atoms with Crippen molar-refractivity contribution in [3.8, 4) is 0 Å². The Kier molecular flexibility index (Phi) is 5.59. The molecule has 7 heteroatoms. The van der Waals surface area contributed by atoms with E-state index in [1.54, 1.807) is 12.1 Å². The molecule has 1 fully saturated rings. The number of nitrogens with zero attached hydrogens (tertiary/aromatic N) is 3. The fourth-order valence-electron chi connectivity index (χ4n) is 2.65. The number of carbonyl (C=O) groups excluding carboxylic acids is 1. The topological polar surface area (TPSA) is 58.1 Å². The first kappa shape index (κ1) is 16.4. The van der Waals surface area contributed by atoms with Crippen LogP contribution in [0.5, 0.6) is 0 Å². The lowest BCUT2D eigenvalue weighted by atomic mass is 10.2. The van der Waals surface area contributed by atoms with Crippen LogP contribution in [0.1, 0.15) is 41.9 Å². The maximum Gasteiger partial charge on any atom is 0.276 e. The fraction of sp³-hybridized carbons (Fsp3) is 0.438. The van der Waals surface area contributed by atoms with Crippen LogP contribution in [0.4, 0.5) is 5.13 Å². The van der Waals surface area contributed by atoms with E-state index in [4.69, 9.17) is 11.6 Å². The van der Waals surface area contributed by atoms with E-state index in [2.05, 4.69) is 20.2 Å². The number of thiazole rings is 1. The largest absolute Gasteiger partial charge is 0.297 e. The summed E-state index contributed by atoms with van der Waals surface area (Å²) >= 11 is 7.32. The number of aromatic nitrogens is 2. The molecule has 0 radical (unpaired) electrons. The number of pyridine rings is 1. The molecule has 0 saturated carbocycles. The minimum absolute atomic E-state index is 0.289. The molecule has 0 aromatic carbocycles. The number of halogens is 1. The summed E-state index contributed by atoms with van der Waals surface area (Å²) in [7, 11) is 0. The average Bonchev–Trinajstić information content (AvgIpc) is 2.81. The van der Waals surface area contributed by atoms with Crippen LogP contribution in [0.3, 0.4) is 0 Å². The Hall–Kier alpha value is -1.50. The molecule has 3 heterocycles. The van der Waals surface area contributed by atoms with Gasteiger partial charge < -0.3 is 0 Å². The molecule has 5 nitrogen and oxygen atoms in total. The van der Waals surface area contributed by atoms with E-state index >= 15 is 0 Å². The van der Waals surface area contributed by atoms with E-state index in [0.29, 0.717) is 15.8 Å². The Morgan fingerprint density at radius 2 is 2.09 bits per heavy atom. The van der Waals surface area contributed by atoms with Gasteiger partial charge in [-0.1, -0.05) is 24.4 Å². The summed E-state index contributed by atoms with van der Waals surface area (Å²) in [6.07, 6.45) is 6.68. The van der Waals surface area contributed by atoms with Gasteiger partial charge in [0.2, 0.25) is 0 Å². The van der Waals surface area contributed by atoms with Crippen LogP contribution in [-0.2, 0) is 6.54 Å². The second-order valence-electron chi connectivity index (χ2n) is 5.65. The van der Waals surface area contributed by atoms with Crippen LogP contribution >= 0.6 is 22.9 Å². The Morgan fingerprint density at radius 3 is 2.83 bits per heavy atom. The van der Waals surface area contributed by atoms with Gasteiger partial charge in [0.1, 0.15) is 5.69 Å². The van der Waals surface area contributed by atoms with Gasteiger partial charge in [-0.05, 0) is 38.1 Å². The zero-order valence-electron chi connectivity index (χ0n) is 12.8. The smallest absolute Gasteiger partial charge is 0.276 e. The summed E-state index contributed by atoms with van der Waals surface area (Å²) in [5, 5.41) is 5.88. The van der Waals surface area contributed by atoms with E-state index in [-0.39, 0.29) is 5.91 Å². The lowest BCUT2D eigenvalue weighted by Gasteiger charge is -2.17. The van der Waals surface area contributed by atoms with Crippen molar-refractivity contribution in [2.45, 2.75) is 32.2 Å². The van der Waals surface area contributed by atoms with Crippen LogP contribution in [0.15, 0.2) is 23.7 Å². The highest BCUT2D eigenvalue weighted by atomic mass is 35.5.